The SMILES string of the molecule is Cc1cc(COc2ccc(Cc3ccccc3)cc2)n(O)c(=O)c1. The number of hydrogen-bond donors (Lipinski definition) is 1. The standard InChI is InChI=1S/C20H19NO3/c1-15-11-18(21(23)20(22)12-15)14-24-19-9-7-17(8-10-19)13-16-5-3-2-4-6-16/h2-12,23H,13-14H2,1H3. The number of benzene rings is 2. The van der Waals surface area contributed by atoms with Crippen molar-refractivity contribution in [3.63, 3.8) is 0 Å². The van der Waals surface area contributed by atoms with E-state index in [1.807, 2.05) is 49.4 Å². The van der Waals surface area contributed by atoms with Gasteiger partial charge in [0.05, 0.1) is 5.69 Å². The summed E-state index contributed by atoms with van der Waals surface area (Å²) < 4.78 is 6.29. The molecular weight excluding hydrogens is 302 g/mol. The van der Waals surface area contributed by atoms with Gasteiger partial charge in [-0.15, -0.1) is 4.73 Å². The van der Waals surface area contributed by atoms with Gasteiger partial charge in [-0.2, -0.15) is 0 Å². The highest BCUT2D eigenvalue weighted by Gasteiger charge is 2.05. The molecule has 0 fully saturated rings. The van der Waals surface area contributed by atoms with Gasteiger partial charge in [0.2, 0.25) is 0 Å². The number of aryl methyl sites for hydroxylation is 1. The number of nitrogens with zero attached hydrogens (tertiary/aromatic N) is 1. The minimum atomic E-state index is -0.452. The Kier molecular flexibility index (Phi) is 4.66. The normalized spacial score (nSPS) is 10.5. The van der Waals surface area contributed by atoms with E-state index in [1.54, 1.807) is 6.07 Å². The lowest BCUT2D eigenvalue weighted by Crippen LogP contribution is -2.21. The molecule has 4 nitrogen and oxygen atoms in total. The summed E-state index contributed by atoms with van der Waals surface area (Å²) in [5.41, 5.74) is 3.22. The number of hydrogen-bond acceptors (Lipinski definition) is 3. The summed E-state index contributed by atoms with van der Waals surface area (Å²) in [5.74, 6) is 0.695. The van der Waals surface area contributed by atoms with Crippen LogP contribution in [0.15, 0.2) is 71.5 Å². The molecule has 0 bridgehead atoms. The Morgan fingerprint density at radius 1 is 0.958 bits per heavy atom. The molecular formula is C20H19NO3. The molecule has 3 rings (SSSR count). The molecule has 0 atom stereocenters. The minimum Gasteiger partial charge on any atom is -0.487 e. The van der Waals surface area contributed by atoms with E-state index >= 15 is 0 Å². The first-order chi connectivity index (χ1) is 11.6. The van der Waals surface area contributed by atoms with Gasteiger partial charge in [-0.3, -0.25) is 4.79 Å². The van der Waals surface area contributed by atoms with Gasteiger partial charge in [-0.05, 0) is 48.2 Å². The lowest BCUT2D eigenvalue weighted by molar-refractivity contribution is 0.147. The molecule has 0 aliphatic rings. The van der Waals surface area contributed by atoms with Gasteiger partial charge in [0.25, 0.3) is 5.56 Å². The molecule has 3 aromatic rings. The van der Waals surface area contributed by atoms with Gasteiger partial charge in [0.15, 0.2) is 0 Å². The number of rotatable bonds is 5. The van der Waals surface area contributed by atoms with E-state index in [4.69, 9.17) is 4.74 Å². The fourth-order valence-electron chi connectivity index (χ4n) is 2.56. The molecule has 122 valence electrons. The lowest BCUT2D eigenvalue weighted by atomic mass is 10.1. The van der Waals surface area contributed by atoms with Crippen LogP contribution in [0, 0.1) is 6.92 Å². The van der Waals surface area contributed by atoms with E-state index in [2.05, 4.69) is 12.1 Å². The Morgan fingerprint density at radius 2 is 1.62 bits per heavy atom. The zero-order valence-electron chi connectivity index (χ0n) is 13.5. The molecule has 1 aromatic heterocycles. The second-order valence-corrected chi connectivity index (χ2v) is 5.77. The average Bonchev–Trinajstić information content (AvgIpc) is 2.59. The molecule has 0 unspecified atom stereocenters. The summed E-state index contributed by atoms with van der Waals surface area (Å²) >= 11 is 0. The smallest absolute Gasteiger partial charge is 0.283 e. The zero-order valence-corrected chi connectivity index (χ0v) is 13.5. The molecule has 0 saturated heterocycles. The number of ether oxygens (including phenoxy) is 1. The van der Waals surface area contributed by atoms with E-state index in [1.165, 1.54) is 17.2 Å². The molecule has 0 amide bonds. The lowest BCUT2D eigenvalue weighted by Gasteiger charge is -2.10. The molecule has 1 N–H and O–H groups in total. The molecule has 0 aliphatic heterocycles. The molecule has 1 heterocycles. The predicted octanol–water partition coefficient (Wildman–Crippen LogP) is 3.56. The van der Waals surface area contributed by atoms with Crippen LogP contribution in [-0.2, 0) is 13.0 Å². The van der Waals surface area contributed by atoms with Crippen LogP contribution < -0.4 is 10.3 Å². The highest BCUT2D eigenvalue weighted by Crippen LogP contribution is 2.16. The summed E-state index contributed by atoms with van der Waals surface area (Å²) in [6.07, 6.45) is 0.870. The minimum absolute atomic E-state index is 0.130. The Bertz CT molecular complexity index is 868. The van der Waals surface area contributed by atoms with Crippen molar-refractivity contribution >= 4 is 0 Å². The number of aromatic nitrogens is 1. The van der Waals surface area contributed by atoms with E-state index in [0.717, 1.165) is 12.0 Å². The monoisotopic (exact) mass is 321 g/mol. The maximum absolute atomic E-state index is 11.5. The molecule has 2 aromatic carbocycles. The summed E-state index contributed by atoms with van der Waals surface area (Å²) in [5, 5.41) is 9.73. The maximum atomic E-state index is 11.5. The molecule has 24 heavy (non-hydrogen) atoms. The van der Waals surface area contributed by atoms with Crippen molar-refractivity contribution in [1.29, 1.82) is 0 Å². The summed E-state index contributed by atoms with van der Waals surface area (Å²) in [4.78, 5) is 11.5. The van der Waals surface area contributed by atoms with Crippen LogP contribution in [0.2, 0.25) is 0 Å². The molecule has 0 saturated carbocycles. The van der Waals surface area contributed by atoms with E-state index < -0.39 is 5.56 Å². The highest BCUT2D eigenvalue weighted by atomic mass is 16.5. The van der Waals surface area contributed by atoms with Crippen molar-refractivity contribution in [2.75, 3.05) is 0 Å². The quantitative estimate of drug-likeness (QED) is 0.731. The summed E-state index contributed by atoms with van der Waals surface area (Å²) in [6.45, 7) is 1.94. The average molecular weight is 321 g/mol. The van der Waals surface area contributed by atoms with Gasteiger partial charge in [-0.1, -0.05) is 42.5 Å². The van der Waals surface area contributed by atoms with Crippen LogP contribution in [0.3, 0.4) is 0 Å². The molecule has 0 aliphatic carbocycles. The Morgan fingerprint density at radius 3 is 2.33 bits per heavy atom. The van der Waals surface area contributed by atoms with Crippen LogP contribution in [0.1, 0.15) is 22.4 Å². The van der Waals surface area contributed by atoms with Crippen molar-refractivity contribution in [2.24, 2.45) is 0 Å². The first-order valence-corrected chi connectivity index (χ1v) is 7.79. The zero-order chi connectivity index (χ0) is 16.9. The Hall–Kier alpha value is -3.01. The van der Waals surface area contributed by atoms with Crippen molar-refractivity contribution in [3.05, 3.63) is 99.5 Å². The van der Waals surface area contributed by atoms with Crippen LogP contribution >= 0.6 is 0 Å². The topological polar surface area (TPSA) is 51.5 Å². The van der Waals surface area contributed by atoms with Gasteiger partial charge < -0.3 is 9.94 Å². The predicted molar refractivity (Wildman–Crippen MR) is 92.6 cm³/mol. The van der Waals surface area contributed by atoms with Gasteiger partial charge in [0, 0.05) is 6.07 Å². The number of pyridine rings is 1. The third kappa shape index (κ3) is 3.84. The Labute approximate surface area is 140 Å². The van der Waals surface area contributed by atoms with Crippen molar-refractivity contribution < 1.29 is 9.94 Å². The van der Waals surface area contributed by atoms with E-state index in [0.29, 0.717) is 16.2 Å². The van der Waals surface area contributed by atoms with Crippen LogP contribution in [0.4, 0.5) is 0 Å². The van der Waals surface area contributed by atoms with E-state index in [-0.39, 0.29) is 6.61 Å². The van der Waals surface area contributed by atoms with Crippen molar-refractivity contribution in [1.82, 2.24) is 4.73 Å². The maximum Gasteiger partial charge on any atom is 0.283 e. The van der Waals surface area contributed by atoms with Gasteiger partial charge in [0.1, 0.15) is 12.4 Å². The first-order valence-electron chi connectivity index (χ1n) is 7.79. The fourth-order valence-corrected chi connectivity index (χ4v) is 2.56. The van der Waals surface area contributed by atoms with Crippen LogP contribution in [0.25, 0.3) is 0 Å². The van der Waals surface area contributed by atoms with Crippen molar-refractivity contribution in [2.45, 2.75) is 20.0 Å². The largest absolute Gasteiger partial charge is 0.487 e. The van der Waals surface area contributed by atoms with Crippen LogP contribution in [0.5, 0.6) is 5.75 Å². The second-order valence-electron chi connectivity index (χ2n) is 5.77. The fraction of sp³-hybridized carbons (Fsp3) is 0.150. The summed E-state index contributed by atoms with van der Waals surface area (Å²) in [7, 11) is 0. The molecule has 0 radical (unpaired) electrons. The third-order valence-electron chi connectivity index (χ3n) is 3.79. The Balaban J connectivity index is 1.66. The third-order valence-corrected chi connectivity index (χ3v) is 3.79. The van der Waals surface area contributed by atoms with Crippen LogP contribution in [-0.4, -0.2) is 9.94 Å². The van der Waals surface area contributed by atoms with Crippen molar-refractivity contribution in [3.8, 4) is 5.75 Å². The highest BCUT2D eigenvalue weighted by molar-refractivity contribution is 5.31. The molecule has 4 heteroatoms. The summed E-state index contributed by atoms with van der Waals surface area (Å²) in [6, 6.07) is 21.2. The molecule has 0 spiro atoms. The first kappa shape index (κ1) is 15.9. The second kappa shape index (κ2) is 7.04. The van der Waals surface area contributed by atoms with E-state index in [9.17, 15) is 10.0 Å². The van der Waals surface area contributed by atoms with Gasteiger partial charge in [-0.25, -0.2) is 0 Å². The van der Waals surface area contributed by atoms with Gasteiger partial charge >= 0.3 is 0 Å².